The Bertz CT molecular complexity index is 490. The van der Waals surface area contributed by atoms with E-state index in [0.29, 0.717) is 30.1 Å². The first-order valence-electron chi connectivity index (χ1n) is 7.71. The quantitative estimate of drug-likeness (QED) is 0.726. The number of halogens is 1. The Kier molecular flexibility index (Phi) is 8.20. The summed E-state index contributed by atoms with van der Waals surface area (Å²) < 4.78 is 16.0. The number of Topliss-reactive ketones (excluding diaryl/α,β-unsaturated/α-hetero) is 1. The highest BCUT2D eigenvalue weighted by Gasteiger charge is 2.18. The Morgan fingerprint density at radius 3 is 2.09 bits per heavy atom. The molecule has 0 bridgehead atoms. The second-order valence-corrected chi connectivity index (χ2v) is 5.52. The molecule has 6 heteroatoms. The van der Waals surface area contributed by atoms with E-state index in [1.807, 2.05) is 0 Å². The summed E-state index contributed by atoms with van der Waals surface area (Å²) in [5, 5.41) is 0. The summed E-state index contributed by atoms with van der Waals surface area (Å²) in [6.07, 6.45) is 3.38. The lowest BCUT2D eigenvalue weighted by molar-refractivity contribution is -0.118. The van der Waals surface area contributed by atoms with Crippen LogP contribution in [-0.2, 0) is 11.2 Å². The van der Waals surface area contributed by atoms with E-state index in [2.05, 4.69) is 4.90 Å². The Labute approximate surface area is 144 Å². The van der Waals surface area contributed by atoms with Crippen LogP contribution in [-0.4, -0.2) is 51.6 Å². The average Bonchev–Trinajstić information content (AvgIpc) is 3.06. The van der Waals surface area contributed by atoms with E-state index in [9.17, 15) is 4.79 Å². The number of nitrogens with zero attached hydrogens (tertiary/aromatic N) is 1. The van der Waals surface area contributed by atoms with Crippen molar-refractivity contribution in [2.75, 3.05) is 41.0 Å². The van der Waals surface area contributed by atoms with Gasteiger partial charge in [0.1, 0.15) is 23.0 Å². The standard InChI is InChI=1S/C17H25NO4.ClH/c1-20-14-11-16(21-2)15(17(12-14)22-3)10-13(19)6-9-18-7-4-5-8-18;/h11-12H,4-10H2,1-3H3;1H. The van der Waals surface area contributed by atoms with Crippen LogP contribution in [0.5, 0.6) is 17.2 Å². The van der Waals surface area contributed by atoms with Gasteiger partial charge in [0.05, 0.1) is 21.3 Å². The molecule has 0 unspecified atom stereocenters. The minimum Gasteiger partial charge on any atom is -0.496 e. The van der Waals surface area contributed by atoms with Crippen molar-refractivity contribution >= 4 is 18.2 Å². The van der Waals surface area contributed by atoms with Crippen molar-refractivity contribution in [1.82, 2.24) is 4.90 Å². The van der Waals surface area contributed by atoms with Gasteiger partial charge in [-0.15, -0.1) is 12.4 Å². The number of carbonyl (C=O) groups is 1. The second-order valence-electron chi connectivity index (χ2n) is 5.52. The molecule has 0 radical (unpaired) electrons. The largest absolute Gasteiger partial charge is 0.496 e. The zero-order chi connectivity index (χ0) is 15.9. The molecule has 0 N–H and O–H groups in total. The van der Waals surface area contributed by atoms with E-state index >= 15 is 0 Å². The molecule has 1 aliphatic rings. The fraction of sp³-hybridized carbons (Fsp3) is 0.588. The van der Waals surface area contributed by atoms with Gasteiger partial charge in [-0.1, -0.05) is 0 Å². The predicted octanol–water partition coefficient (Wildman–Crippen LogP) is 2.73. The van der Waals surface area contributed by atoms with Crippen LogP contribution in [0.1, 0.15) is 24.8 Å². The summed E-state index contributed by atoms with van der Waals surface area (Å²) in [7, 11) is 4.77. The highest BCUT2D eigenvalue weighted by atomic mass is 35.5. The van der Waals surface area contributed by atoms with Gasteiger partial charge < -0.3 is 19.1 Å². The van der Waals surface area contributed by atoms with Crippen molar-refractivity contribution < 1.29 is 19.0 Å². The fourth-order valence-electron chi connectivity index (χ4n) is 2.83. The van der Waals surface area contributed by atoms with E-state index in [4.69, 9.17) is 14.2 Å². The van der Waals surface area contributed by atoms with Crippen LogP contribution in [0.4, 0.5) is 0 Å². The molecule has 1 heterocycles. The molecule has 2 rings (SSSR count). The third-order valence-corrected chi connectivity index (χ3v) is 4.10. The molecule has 0 aromatic heterocycles. The monoisotopic (exact) mass is 343 g/mol. The maximum Gasteiger partial charge on any atom is 0.138 e. The smallest absolute Gasteiger partial charge is 0.138 e. The Balaban J connectivity index is 0.00000264. The molecule has 23 heavy (non-hydrogen) atoms. The van der Waals surface area contributed by atoms with Crippen LogP contribution in [0.3, 0.4) is 0 Å². The molecule has 1 saturated heterocycles. The zero-order valence-corrected chi connectivity index (χ0v) is 14.9. The maximum absolute atomic E-state index is 12.3. The van der Waals surface area contributed by atoms with E-state index in [1.54, 1.807) is 33.5 Å². The molecule has 1 aliphatic heterocycles. The number of benzene rings is 1. The van der Waals surface area contributed by atoms with E-state index in [-0.39, 0.29) is 18.2 Å². The molecule has 0 atom stereocenters. The lowest BCUT2D eigenvalue weighted by Crippen LogP contribution is -2.23. The summed E-state index contributed by atoms with van der Waals surface area (Å²) in [5.74, 6) is 2.12. The molecule has 1 aromatic carbocycles. The van der Waals surface area contributed by atoms with Gasteiger partial charge >= 0.3 is 0 Å². The number of rotatable bonds is 8. The number of methoxy groups -OCH3 is 3. The minimum atomic E-state index is 0. The van der Waals surface area contributed by atoms with Crippen LogP contribution >= 0.6 is 12.4 Å². The molecule has 0 spiro atoms. The van der Waals surface area contributed by atoms with Crippen LogP contribution in [0, 0.1) is 0 Å². The van der Waals surface area contributed by atoms with Crippen molar-refractivity contribution in [2.24, 2.45) is 0 Å². The first-order chi connectivity index (χ1) is 10.7. The van der Waals surface area contributed by atoms with Crippen molar-refractivity contribution in [1.29, 1.82) is 0 Å². The number of carbonyl (C=O) groups excluding carboxylic acids is 1. The van der Waals surface area contributed by atoms with Gasteiger partial charge in [-0.25, -0.2) is 0 Å². The van der Waals surface area contributed by atoms with Gasteiger partial charge in [-0.05, 0) is 25.9 Å². The molecule has 1 aromatic rings. The van der Waals surface area contributed by atoms with Gasteiger partial charge in [0, 0.05) is 37.1 Å². The van der Waals surface area contributed by atoms with Crippen molar-refractivity contribution in [3.8, 4) is 17.2 Å². The summed E-state index contributed by atoms with van der Waals surface area (Å²) in [4.78, 5) is 14.6. The van der Waals surface area contributed by atoms with Gasteiger partial charge in [0.25, 0.3) is 0 Å². The Morgan fingerprint density at radius 1 is 1.04 bits per heavy atom. The normalized spacial score (nSPS) is 14.2. The number of ketones is 1. The Morgan fingerprint density at radius 2 is 1.61 bits per heavy atom. The van der Waals surface area contributed by atoms with Crippen LogP contribution < -0.4 is 14.2 Å². The van der Waals surface area contributed by atoms with E-state index < -0.39 is 0 Å². The first-order valence-corrected chi connectivity index (χ1v) is 7.71. The van der Waals surface area contributed by atoms with Crippen molar-refractivity contribution in [3.05, 3.63) is 17.7 Å². The summed E-state index contributed by atoms with van der Waals surface area (Å²) in [6, 6.07) is 3.57. The highest BCUT2D eigenvalue weighted by molar-refractivity contribution is 5.85. The lowest BCUT2D eigenvalue weighted by atomic mass is 10.0. The second kappa shape index (κ2) is 9.63. The summed E-state index contributed by atoms with van der Waals surface area (Å²) in [5.41, 5.74) is 0.789. The first kappa shape index (κ1) is 19.6. The molecule has 0 aliphatic carbocycles. The number of hydrogen-bond donors (Lipinski definition) is 0. The zero-order valence-electron chi connectivity index (χ0n) is 14.1. The van der Waals surface area contributed by atoms with Gasteiger partial charge in [-0.2, -0.15) is 0 Å². The van der Waals surface area contributed by atoms with Gasteiger partial charge in [0.15, 0.2) is 0 Å². The molecule has 0 saturated carbocycles. The molecular formula is C17H26ClNO4. The molecule has 5 nitrogen and oxygen atoms in total. The van der Waals surface area contributed by atoms with Crippen LogP contribution in [0.2, 0.25) is 0 Å². The van der Waals surface area contributed by atoms with E-state index in [0.717, 1.165) is 25.2 Å². The highest BCUT2D eigenvalue weighted by Crippen LogP contribution is 2.34. The molecule has 0 amide bonds. The number of likely N-dealkylation sites (tertiary alicyclic amines) is 1. The average molecular weight is 344 g/mol. The SMILES string of the molecule is COc1cc(OC)c(CC(=O)CCN2CCCC2)c(OC)c1.Cl. The summed E-state index contributed by atoms with van der Waals surface area (Å²) in [6.45, 7) is 3.07. The third-order valence-electron chi connectivity index (χ3n) is 4.10. The Hall–Kier alpha value is -1.46. The van der Waals surface area contributed by atoms with Gasteiger partial charge in [0.2, 0.25) is 0 Å². The number of ether oxygens (including phenoxy) is 3. The van der Waals surface area contributed by atoms with Crippen molar-refractivity contribution in [3.63, 3.8) is 0 Å². The van der Waals surface area contributed by atoms with Crippen molar-refractivity contribution in [2.45, 2.75) is 25.7 Å². The number of hydrogen-bond acceptors (Lipinski definition) is 5. The maximum atomic E-state index is 12.3. The third kappa shape index (κ3) is 5.29. The molecule has 130 valence electrons. The summed E-state index contributed by atoms with van der Waals surface area (Å²) >= 11 is 0. The van der Waals surface area contributed by atoms with E-state index in [1.165, 1.54) is 12.8 Å². The van der Waals surface area contributed by atoms with Crippen LogP contribution in [0.15, 0.2) is 12.1 Å². The van der Waals surface area contributed by atoms with Crippen LogP contribution in [0.25, 0.3) is 0 Å². The predicted molar refractivity (Wildman–Crippen MR) is 92.3 cm³/mol. The van der Waals surface area contributed by atoms with Gasteiger partial charge in [-0.3, -0.25) is 4.79 Å². The topological polar surface area (TPSA) is 48.0 Å². The lowest BCUT2D eigenvalue weighted by Gasteiger charge is -2.16. The molecular weight excluding hydrogens is 318 g/mol. The molecule has 1 fully saturated rings. The minimum absolute atomic E-state index is 0. The fourth-order valence-corrected chi connectivity index (χ4v) is 2.83.